The minimum absolute atomic E-state index is 1.15. The maximum Gasteiger partial charge on any atom is 0.0541 e. The monoisotopic (exact) mass is 836 g/mol. The third kappa shape index (κ3) is 5.55. The zero-order valence-corrected chi connectivity index (χ0v) is 36.0. The molecule has 1 aliphatic rings. The van der Waals surface area contributed by atoms with Crippen molar-refractivity contribution >= 4 is 54.4 Å². The molecule has 0 aliphatic heterocycles. The number of aromatic nitrogens is 2. The molecule has 0 N–H and O–H groups in total. The fourth-order valence-electron chi connectivity index (χ4n) is 11.0. The van der Waals surface area contributed by atoms with Crippen molar-refractivity contribution in [3.63, 3.8) is 0 Å². The Kier molecular flexibility index (Phi) is 8.02. The quantitative estimate of drug-likeness (QED) is 0.158. The number of hydrogen-bond donors (Lipinski definition) is 0. The Labute approximate surface area is 382 Å². The molecular weight excluding hydrogens is 797 g/mol. The largest absolute Gasteiger partial charge is 0.309 e. The van der Waals surface area contributed by atoms with Crippen LogP contribution in [0.15, 0.2) is 243 Å². The number of rotatable bonds is 6. The van der Waals surface area contributed by atoms with Gasteiger partial charge in [0.1, 0.15) is 0 Å². The molecule has 0 amide bonds. The summed E-state index contributed by atoms with van der Waals surface area (Å²) in [5.74, 6) is 0. The van der Waals surface area contributed by atoms with E-state index in [1.165, 1.54) is 121 Å². The summed E-state index contributed by atoms with van der Waals surface area (Å²) in [5.41, 5.74) is 22.1. The second-order valence-corrected chi connectivity index (χ2v) is 17.6. The number of fused-ring (bicyclic) bond motifs is 9. The van der Waals surface area contributed by atoms with E-state index in [2.05, 4.69) is 252 Å². The van der Waals surface area contributed by atoms with Gasteiger partial charge >= 0.3 is 0 Å². The van der Waals surface area contributed by atoms with Gasteiger partial charge in [0.25, 0.3) is 0 Å². The predicted octanol–water partition coefficient (Wildman–Crippen LogP) is 17.3. The fourth-order valence-corrected chi connectivity index (χ4v) is 11.0. The normalized spacial score (nSPS) is 11.9. The van der Waals surface area contributed by atoms with Crippen molar-refractivity contribution in [2.45, 2.75) is 0 Å². The third-order valence-corrected chi connectivity index (χ3v) is 14.1. The van der Waals surface area contributed by atoms with Gasteiger partial charge in [0.05, 0.1) is 22.1 Å². The van der Waals surface area contributed by atoms with Crippen LogP contribution in [0.4, 0.5) is 0 Å². The summed E-state index contributed by atoms with van der Waals surface area (Å²) in [5, 5.41) is 7.63. The van der Waals surface area contributed by atoms with E-state index in [1.54, 1.807) is 0 Å². The van der Waals surface area contributed by atoms with E-state index in [0.717, 1.165) is 11.4 Å². The van der Waals surface area contributed by atoms with Crippen LogP contribution in [0.5, 0.6) is 0 Å². The molecule has 13 aromatic rings. The highest BCUT2D eigenvalue weighted by Crippen LogP contribution is 2.49. The van der Waals surface area contributed by atoms with E-state index in [4.69, 9.17) is 0 Å². The molecule has 0 bridgehead atoms. The third-order valence-electron chi connectivity index (χ3n) is 14.1. The molecule has 2 heteroatoms. The van der Waals surface area contributed by atoms with Crippen LogP contribution in [0.2, 0.25) is 0 Å². The predicted molar refractivity (Wildman–Crippen MR) is 279 cm³/mol. The molecule has 0 spiro atoms. The van der Waals surface area contributed by atoms with E-state index >= 15 is 0 Å². The molecule has 1 aliphatic carbocycles. The summed E-state index contributed by atoms with van der Waals surface area (Å²) in [6.45, 7) is 0. The van der Waals surface area contributed by atoms with Gasteiger partial charge < -0.3 is 9.13 Å². The molecule has 0 atom stereocenters. The van der Waals surface area contributed by atoms with Gasteiger partial charge in [-0.15, -0.1) is 0 Å². The molecule has 66 heavy (non-hydrogen) atoms. The van der Waals surface area contributed by atoms with E-state index in [9.17, 15) is 0 Å². The maximum atomic E-state index is 2.44. The van der Waals surface area contributed by atoms with Gasteiger partial charge in [0, 0.05) is 32.9 Å². The molecule has 0 saturated heterocycles. The van der Waals surface area contributed by atoms with Gasteiger partial charge in [-0.25, -0.2) is 0 Å². The smallest absolute Gasteiger partial charge is 0.0541 e. The molecule has 0 radical (unpaired) electrons. The lowest BCUT2D eigenvalue weighted by atomic mass is 9.94. The molecule has 2 aromatic heterocycles. The van der Waals surface area contributed by atoms with Gasteiger partial charge in [-0.05, 0) is 138 Å². The molecule has 0 saturated carbocycles. The van der Waals surface area contributed by atoms with Crippen LogP contribution < -0.4 is 0 Å². The van der Waals surface area contributed by atoms with Gasteiger partial charge in [0.15, 0.2) is 0 Å². The van der Waals surface area contributed by atoms with Crippen molar-refractivity contribution in [3.8, 4) is 78.1 Å². The summed E-state index contributed by atoms with van der Waals surface area (Å²) >= 11 is 0. The minimum atomic E-state index is 1.15. The number of hydrogen-bond acceptors (Lipinski definition) is 0. The summed E-state index contributed by atoms with van der Waals surface area (Å²) in [6.07, 6.45) is 0. The lowest BCUT2D eigenvalue weighted by Crippen LogP contribution is -1.94. The Balaban J connectivity index is 0.837. The van der Waals surface area contributed by atoms with Crippen molar-refractivity contribution in [2.24, 2.45) is 0 Å². The van der Waals surface area contributed by atoms with Crippen LogP contribution >= 0.6 is 0 Å². The Morgan fingerprint density at radius 3 is 1.26 bits per heavy atom. The Hall–Kier alpha value is -8.72. The Morgan fingerprint density at radius 2 is 0.621 bits per heavy atom. The summed E-state index contributed by atoms with van der Waals surface area (Å²) in [6, 6.07) is 89.4. The van der Waals surface area contributed by atoms with Crippen LogP contribution in [0.25, 0.3) is 133 Å². The average molecular weight is 837 g/mol. The molecular formula is C64H40N2. The van der Waals surface area contributed by atoms with Crippen molar-refractivity contribution in [1.82, 2.24) is 9.13 Å². The standard InChI is InChI=1S/C64H40N2/c1-2-12-41(13-3-1)42-24-26-43(27-25-42)44-28-32-48(33-29-44)65-60-22-8-6-18-53(60)58-39-45(30-36-62(58)65)46-31-37-63-59(40-46)54-19-7-9-23-61(54)66(63)49-15-10-14-47(38-49)50-34-35-57-52-17-5-4-16-51(52)56-21-11-20-55(50)64(56)57/h1-40H. The first-order valence-corrected chi connectivity index (χ1v) is 22.8. The molecule has 11 aromatic carbocycles. The van der Waals surface area contributed by atoms with E-state index in [0.29, 0.717) is 0 Å². The fraction of sp³-hybridized carbons (Fsp3) is 0. The van der Waals surface area contributed by atoms with Gasteiger partial charge in [-0.1, -0.05) is 182 Å². The second-order valence-electron chi connectivity index (χ2n) is 17.6. The second kappa shape index (κ2) is 14.4. The molecule has 2 heterocycles. The molecule has 0 unspecified atom stereocenters. The first-order chi connectivity index (χ1) is 32.7. The highest BCUT2D eigenvalue weighted by atomic mass is 15.0. The first-order valence-electron chi connectivity index (χ1n) is 22.8. The van der Waals surface area contributed by atoms with Crippen LogP contribution in [0.1, 0.15) is 0 Å². The van der Waals surface area contributed by atoms with Crippen molar-refractivity contribution in [1.29, 1.82) is 0 Å². The first kappa shape index (κ1) is 36.7. The van der Waals surface area contributed by atoms with Crippen molar-refractivity contribution in [2.75, 3.05) is 0 Å². The minimum Gasteiger partial charge on any atom is -0.309 e. The van der Waals surface area contributed by atoms with Crippen LogP contribution in [0.3, 0.4) is 0 Å². The van der Waals surface area contributed by atoms with E-state index in [1.807, 2.05) is 0 Å². The zero-order valence-electron chi connectivity index (χ0n) is 36.0. The number of nitrogens with zero attached hydrogens (tertiary/aromatic N) is 2. The average Bonchev–Trinajstić information content (AvgIpc) is 4.03. The van der Waals surface area contributed by atoms with Crippen LogP contribution in [-0.4, -0.2) is 9.13 Å². The van der Waals surface area contributed by atoms with Crippen LogP contribution in [-0.2, 0) is 0 Å². The van der Waals surface area contributed by atoms with Gasteiger partial charge in [-0.2, -0.15) is 0 Å². The highest BCUT2D eigenvalue weighted by Gasteiger charge is 2.23. The lowest BCUT2D eigenvalue weighted by molar-refractivity contribution is 1.18. The Morgan fingerprint density at radius 1 is 0.197 bits per heavy atom. The van der Waals surface area contributed by atoms with Gasteiger partial charge in [-0.3, -0.25) is 0 Å². The molecule has 2 nitrogen and oxygen atoms in total. The van der Waals surface area contributed by atoms with E-state index in [-0.39, 0.29) is 0 Å². The molecule has 306 valence electrons. The summed E-state index contributed by atoms with van der Waals surface area (Å²) in [7, 11) is 0. The lowest BCUT2D eigenvalue weighted by Gasteiger charge is -2.13. The molecule has 0 fully saturated rings. The maximum absolute atomic E-state index is 2.44. The zero-order chi connectivity index (χ0) is 43.3. The SMILES string of the molecule is c1ccc(-c2ccc(-c3ccc(-n4c5ccccc5c5cc(-c6ccc7c(c6)c6ccccc6n7-c6cccc(-c7ccc8c9c(cccc79)-c7ccccc7-8)c6)ccc54)cc3)cc2)cc1. The number of benzene rings is 11. The highest BCUT2D eigenvalue weighted by molar-refractivity contribution is 6.19. The van der Waals surface area contributed by atoms with Crippen molar-refractivity contribution < 1.29 is 0 Å². The van der Waals surface area contributed by atoms with Crippen molar-refractivity contribution in [3.05, 3.63) is 243 Å². The summed E-state index contributed by atoms with van der Waals surface area (Å²) < 4.78 is 4.85. The Bertz CT molecular complexity index is 4040. The molecule has 14 rings (SSSR count). The number of para-hydroxylation sites is 2. The van der Waals surface area contributed by atoms with E-state index < -0.39 is 0 Å². The van der Waals surface area contributed by atoms with Crippen LogP contribution in [0, 0.1) is 0 Å². The van der Waals surface area contributed by atoms with Gasteiger partial charge in [0.2, 0.25) is 0 Å². The topological polar surface area (TPSA) is 9.86 Å². The summed E-state index contributed by atoms with van der Waals surface area (Å²) in [4.78, 5) is 0.